The van der Waals surface area contributed by atoms with E-state index in [0.717, 1.165) is 17.7 Å². The molecular formula is C11H7NO4S. The van der Waals surface area contributed by atoms with Gasteiger partial charge in [-0.1, -0.05) is 18.2 Å². The molecule has 0 fully saturated rings. The van der Waals surface area contributed by atoms with E-state index in [1.165, 1.54) is 0 Å². The van der Waals surface area contributed by atoms with Gasteiger partial charge in [-0.2, -0.15) is 4.37 Å². The van der Waals surface area contributed by atoms with Crippen molar-refractivity contribution in [1.82, 2.24) is 4.37 Å². The lowest BCUT2D eigenvalue weighted by atomic mass is 10.3. The number of hydrogen-bond donors (Lipinski definition) is 1. The fourth-order valence-electron chi connectivity index (χ4n) is 1.18. The van der Waals surface area contributed by atoms with Crippen LogP contribution in [0.1, 0.15) is 20.0 Å². The Morgan fingerprint density at radius 2 is 1.94 bits per heavy atom. The third kappa shape index (κ3) is 2.48. The zero-order valence-corrected chi connectivity index (χ0v) is 9.31. The summed E-state index contributed by atoms with van der Waals surface area (Å²) in [6.07, 6.45) is 1.13. The highest BCUT2D eigenvalue weighted by Crippen LogP contribution is 2.17. The summed E-state index contributed by atoms with van der Waals surface area (Å²) < 4.78 is 8.68. The fraction of sp³-hybridized carbons (Fsp3) is 0. The molecule has 1 N–H and O–H groups in total. The van der Waals surface area contributed by atoms with Crippen LogP contribution in [0.3, 0.4) is 0 Å². The molecule has 2 aromatic rings. The molecule has 0 aliphatic carbocycles. The minimum Gasteiger partial charge on any atom is -0.478 e. The number of aromatic nitrogens is 1. The SMILES string of the molecule is O=C(O)c1cnsc1C(=O)Oc1ccccc1. The lowest BCUT2D eigenvalue weighted by Gasteiger charge is -2.02. The van der Waals surface area contributed by atoms with Crippen LogP contribution in [0.25, 0.3) is 0 Å². The molecular weight excluding hydrogens is 242 g/mol. The molecule has 0 amide bonds. The summed E-state index contributed by atoms with van der Waals surface area (Å²) in [7, 11) is 0. The summed E-state index contributed by atoms with van der Waals surface area (Å²) in [5, 5.41) is 8.83. The normalized spacial score (nSPS) is 9.88. The first-order valence-electron chi connectivity index (χ1n) is 4.63. The highest BCUT2D eigenvalue weighted by atomic mass is 32.1. The van der Waals surface area contributed by atoms with Crippen molar-refractivity contribution >= 4 is 23.5 Å². The van der Waals surface area contributed by atoms with Crippen LogP contribution in [0.4, 0.5) is 0 Å². The number of para-hydroxylation sites is 1. The summed E-state index contributed by atoms with van der Waals surface area (Å²) in [6, 6.07) is 8.44. The van der Waals surface area contributed by atoms with Gasteiger partial charge in [0.1, 0.15) is 16.2 Å². The number of carboxylic acid groups (broad SMARTS) is 1. The van der Waals surface area contributed by atoms with Gasteiger partial charge < -0.3 is 9.84 Å². The van der Waals surface area contributed by atoms with Gasteiger partial charge in [0, 0.05) is 0 Å². The first-order chi connectivity index (χ1) is 8.18. The molecule has 0 spiro atoms. The summed E-state index contributed by atoms with van der Waals surface area (Å²) in [5.74, 6) is -1.54. The second-order valence-corrected chi connectivity index (χ2v) is 3.88. The van der Waals surface area contributed by atoms with Crippen LogP contribution in [0.15, 0.2) is 36.5 Å². The van der Waals surface area contributed by atoms with Gasteiger partial charge in [-0.25, -0.2) is 9.59 Å². The highest BCUT2D eigenvalue weighted by molar-refractivity contribution is 7.08. The van der Waals surface area contributed by atoms with Crippen molar-refractivity contribution in [2.75, 3.05) is 0 Å². The molecule has 5 nitrogen and oxygen atoms in total. The summed E-state index contributed by atoms with van der Waals surface area (Å²) >= 11 is 0.800. The summed E-state index contributed by atoms with van der Waals surface area (Å²) in [4.78, 5) is 22.5. The summed E-state index contributed by atoms with van der Waals surface area (Å²) in [6.45, 7) is 0. The van der Waals surface area contributed by atoms with Crippen molar-refractivity contribution in [2.45, 2.75) is 0 Å². The molecule has 0 aliphatic rings. The number of carbonyl (C=O) groups excluding carboxylic acids is 1. The Bertz CT molecular complexity index is 550. The number of hydrogen-bond acceptors (Lipinski definition) is 5. The van der Waals surface area contributed by atoms with Gasteiger partial charge in [-0.05, 0) is 23.7 Å². The summed E-state index contributed by atoms with van der Waals surface area (Å²) in [5.41, 5.74) is -0.143. The van der Waals surface area contributed by atoms with Crippen molar-refractivity contribution in [2.24, 2.45) is 0 Å². The van der Waals surface area contributed by atoms with Crippen LogP contribution >= 0.6 is 11.5 Å². The Labute approximate surface area is 100 Å². The smallest absolute Gasteiger partial charge is 0.356 e. The molecule has 0 bridgehead atoms. The number of esters is 1. The van der Waals surface area contributed by atoms with E-state index in [2.05, 4.69) is 4.37 Å². The molecule has 0 atom stereocenters. The molecule has 6 heteroatoms. The van der Waals surface area contributed by atoms with E-state index >= 15 is 0 Å². The standard InChI is InChI=1S/C11H7NO4S/c13-10(14)8-6-12-17-9(8)11(15)16-7-4-2-1-3-5-7/h1-6H,(H,13,14). The van der Waals surface area contributed by atoms with Crippen LogP contribution in [0, 0.1) is 0 Å². The van der Waals surface area contributed by atoms with Gasteiger partial charge in [0.05, 0.1) is 6.20 Å². The second-order valence-electron chi connectivity index (χ2n) is 3.08. The first-order valence-corrected chi connectivity index (χ1v) is 5.41. The zero-order chi connectivity index (χ0) is 12.3. The Hall–Kier alpha value is -2.21. The number of carboxylic acids is 1. The lowest BCUT2D eigenvalue weighted by molar-refractivity contribution is 0.0671. The topological polar surface area (TPSA) is 76.5 Å². The van der Waals surface area contributed by atoms with Crippen molar-refractivity contribution in [3.8, 4) is 5.75 Å². The van der Waals surface area contributed by atoms with Crippen LogP contribution in [-0.2, 0) is 0 Å². The third-order valence-electron chi connectivity index (χ3n) is 1.94. The average molecular weight is 249 g/mol. The molecule has 1 aromatic heterocycles. The van der Waals surface area contributed by atoms with Crippen molar-refractivity contribution in [3.05, 3.63) is 47.0 Å². The first kappa shape index (κ1) is 11.3. The minimum absolute atomic E-state index is 0.0126. The number of nitrogens with zero attached hydrogens (tertiary/aromatic N) is 1. The minimum atomic E-state index is -1.20. The number of rotatable bonds is 3. The maximum Gasteiger partial charge on any atom is 0.356 e. The maximum atomic E-state index is 11.7. The van der Waals surface area contributed by atoms with Crippen molar-refractivity contribution in [1.29, 1.82) is 0 Å². The van der Waals surface area contributed by atoms with E-state index in [0.29, 0.717) is 5.75 Å². The average Bonchev–Trinajstić information content (AvgIpc) is 2.79. The Morgan fingerprint density at radius 3 is 2.59 bits per heavy atom. The van der Waals surface area contributed by atoms with Crippen LogP contribution in [0.5, 0.6) is 5.75 Å². The molecule has 1 heterocycles. The van der Waals surface area contributed by atoms with Crippen LogP contribution in [0.2, 0.25) is 0 Å². The van der Waals surface area contributed by atoms with Gasteiger partial charge >= 0.3 is 11.9 Å². The van der Waals surface area contributed by atoms with Gasteiger partial charge in [-0.15, -0.1) is 0 Å². The Balaban J connectivity index is 2.21. The number of ether oxygens (including phenoxy) is 1. The van der Waals surface area contributed by atoms with Gasteiger partial charge in [0.2, 0.25) is 0 Å². The van der Waals surface area contributed by atoms with Gasteiger partial charge in [-0.3, -0.25) is 0 Å². The van der Waals surface area contributed by atoms with E-state index in [4.69, 9.17) is 9.84 Å². The monoisotopic (exact) mass is 249 g/mol. The Morgan fingerprint density at radius 1 is 1.24 bits per heavy atom. The quantitative estimate of drug-likeness (QED) is 0.665. The van der Waals surface area contributed by atoms with Crippen LogP contribution < -0.4 is 4.74 Å². The molecule has 0 unspecified atom stereocenters. The largest absolute Gasteiger partial charge is 0.478 e. The molecule has 2 rings (SSSR count). The van der Waals surface area contributed by atoms with Crippen molar-refractivity contribution in [3.63, 3.8) is 0 Å². The number of benzene rings is 1. The predicted molar refractivity (Wildman–Crippen MR) is 60.5 cm³/mol. The molecule has 0 aliphatic heterocycles. The van der Waals surface area contributed by atoms with Gasteiger partial charge in [0.15, 0.2) is 0 Å². The fourth-order valence-corrected chi connectivity index (χ4v) is 1.80. The second kappa shape index (κ2) is 4.75. The van der Waals surface area contributed by atoms with Crippen molar-refractivity contribution < 1.29 is 19.4 Å². The van der Waals surface area contributed by atoms with E-state index < -0.39 is 11.9 Å². The van der Waals surface area contributed by atoms with Gasteiger partial charge in [0.25, 0.3) is 0 Å². The lowest BCUT2D eigenvalue weighted by Crippen LogP contribution is -2.11. The Kier molecular flexibility index (Phi) is 3.15. The maximum absolute atomic E-state index is 11.7. The number of carbonyl (C=O) groups is 2. The molecule has 17 heavy (non-hydrogen) atoms. The van der Waals surface area contributed by atoms with E-state index in [9.17, 15) is 9.59 Å². The van der Waals surface area contributed by atoms with E-state index in [-0.39, 0.29) is 10.4 Å². The highest BCUT2D eigenvalue weighted by Gasteiger charge is 2.21. The van der Waals surface area contributed by atoms with E-state index in [1.54, 1.807) is 30.3 Å². The van der Waals surface area contributed by atoms with E-state index in [1.807, 2.05) is 0 Å². The third-order valence-corrected chi connectivity index (χ3v) is 2.72. The molecule has 0 saturated heterocycles. The molecule has 0 radical (unpaired) electrons. The predicted octanol–water partition coefficient (Wildman–Crippen LogP) is 2.06. The van der Waals surface area contributed by atoms with Crippen LogP contribution in [-0.4, -0.2) is 21.4 Å². The zero-order valence-electron chi connectivity index (χ0n) is 8.49. The molecule has 0 saturated carbocycles. The number of aromatic carboxylic acids is 1. The molecule has 1 aromatic carbocycles. The molecule has 86 valence electrons.